The smallest absolute Gasteiger partial charge is 0.220 e. The van der Waals surface area contributed by atoms with Crippen LogP contribution < -0.4 is 14.8 Å². The molecule has 0 atom stereocenters. The zero-order chi connectivity index (χ0) is 23.9. The van der Waals surface area contributed by atoms with E-state index in [-0.39, 0.29) is 5.91 Å². The summed E-state index contributed by atoms with van der Waals surface area (Å²) in [5, 5.41) is 4.26. The molecule has 1 heterocycles. The molecule has 1 aromatic heterocycles. The molecule has 0 fully saturated rings. The quantitative estimate of drug-likeness (QED) is 0.352. The second kappa shape index (κ2) is 10.9. The van der Waals surface area contributed by atoms with Gasteiger partial charge < -0.3 is 19.4 Å². The van der Waals surface area contributed by atoms with E-state index in [0.29, 0.717) is 25.8 Å². The lowest BCUT2D eigenvalue weighted by atomic mass is 10.1. The van der Waals surface area contributed by atoms with Crippen molar-refractivity contribution >= 4 is 16.8 Å². The fourth-order valence-corrected chi connectivity index (χ4v) is 4.29. The van der Waals surface area contributed by atoms with Gasteiger partial charge in [-0.2, -0.15) is 0 Å². The molecule has 5 heteroatoms. The Morgan fingerprint density at radius 1 is 0.912 bits per heavy atom. The molecule has 0 aliphatic heterocycles. The van der Waals surface area contributed by atoms with Crippen LogP contribution in [0.5, 0.6) is 11.5 Å². The minimum Gasteiger partial charge on any atom is -0.497 e. The van der Waals surface area contributed by atoms with E-state index in [1.807, 2.05) is 18.2 Å². The van der Waals surface area contributed by atoms with Crippen molar-refractivity contribution < 1.29 is 14.3 Å². The lowest BCUT2D eigenvalue weighted by Gasteiger charge is -2.11. The van der Waals surface area contributed by atoms with E-state index in [4.69, 9.17) is 9.47 Å². The summed E-state index contributed by atoms with van der Waals surface area (Å²) < 4.78 is 13.0. The van der Waals surface area contributed by atoms with Gasteiger partial charge in [-0.25, -0.2) is 0 Å². The molecule has 0 bridgehead atoms. The molecule has 4 aromatic rings. The summed E-state index contributed by atoms with van der Waals surface area (Å²) in [5.41, 5.74) is 5.94. The molecule has 0 saturated carbocycles. The van der Waals surface area contributed by atoms with E-state index in [1.54, 1.807) is 14.2 Å². The topological polar surface area (TPSA) is 52.5 Å². The Hall–Kier alpha value is -3.73. The van der Waals surface area contributed by atoms with Crippen molar-refractivity contribution in [3.05, 3.63) is 95.2 Å². The van der Waals surface area contributed by atoms with Gasteiger partial charge in [0.2, 0.25) is 5.91 Å². The molecule has 5 nitrogen and oxygen atoms in total. The van der Waals surface area contributed by atoms with Crippen molar-refractivity contribution in [1.82, 2.24) is 9.88 Å². The molecular weight excluding hydrogens is 424 g/mol. The number of amides is 1. The first-order valence-electron chi connectivity index (χ1n) is 11.7. The van der Waals surface area contributed by atoms with Crippen LogP contribution in [0.15, 0.2) is 72.9 Å². The van der Waals surface area contributed by atoms with Gasteiger partial charge in [0.15, 0.2) is 0 Å². The number of carbonyl (C=O) groups is 1. The summed E-state index contributed by atoms with van der Waals surface area (Å²) in [5.74, 6) is 1.64. The number of fused-ring (bicyclic) bond motifs is 1. The number of benzene rings is 3. The van der Waals surface area contributed by atoms with Gasteiger partial charge in [0.25, 0.3) is 0 Å². The van der Waals surface area contributed by atoms with Crippen LogP contribution in [0, 0.1) is 6.92 Å². The molecule has 1 N–H and O–H groups in total. The van der Waals surface area contributed by atoms with Crippen LogP contribution in [0.1, 0.15) is 28.7 Å². The van der Waals surface area contributed by atoms with E-state index in [9.17, 15) is 4.79 Å². The maximum Gasteiger partial charge on any atom is 0.220 e. The first kappa shape index (κ1) is 23.4. The minimum atomic E-state index is 0.0530. The molecule has 3 aromatic carbocycles. The van der Waals surface area contributed by atoms with Crippen LogP contribution in [0.3, 0.4) is 0 Å². The molecule has 0 saturated heterocycles. The average Bonchev–Trinajstić information content (AvgIpc) is 3.21. The number of nitrogens with one attached hydrogen (secondary N) is 1. The zero-order valence-electron chi connectivity index (χ0n) is 20.1. The number of aryl methyl sites for hydroxylation is 2. The summed E-state index contributed by atoms with van der Waals surface area (Å²) in [6.07, 6.45) is 4.03. The number of ether oxygens (including phenoxy) is 2. The SMILES string of the molecule is COc1ccc(OC)c(CCNC(=O)CCc2cn(Cc3ccc(C)cc3)c3ccccc23)c1. The van der Waals surface area contributed by atoms with Gasteiger partial charge >= 0.3 is 0 Å². The van der Waals surface area contributed by atoms with Gasteiger partial charge in [-0.1, -0.05) is 48.0 Å². The number of hydrogen-bond acceptors (Lipinski definition) is 3. The summed E-state index contributed by atoms with van der Waals surface area (Å²) in [4.78, 5) is 12.6. The molecule has 34 heavy (non-hydrogen) atoms. The van der Waals surface area contributed by atoms with Gasteiger partial charge in [-0.3, -0.25) is 4.79 Å². The average molecular weight is 457 g/mol. The number of methoxy groups -OCH3 is 2. The van der Waals surface area contributed by atoms with Crippen molar-refractivity contribution in [2.75, 3.05) is 20.8 Å². The second-order valence-corrected chi connectivity index (χ2v) is 8.56. The molecule has 0 aliphatic rings. The molecule has 0 radical (unpaired) electrons. The monoisotopic (exact) mass is 456 g/mol. The lowest BCUT2D eigenvalue weighted by molar-refractivity contribution is -0.121. The third-order valence-electron chi connectivity index (χ3n) is 6.17. The van der Waals surface area contributed by atoms with Gasteiger partial charge in [0, 0.05) is 36.6 Å². The van der Waals surface area contributed by atoms with Crippen LogP contribution in [0.2, 0.25) is 0 Å². The van der Waals surface area contributed by atoms with Crippen molar-refractivity contribution in [1.29, 1.82) is 0 Å². The molecule has 0 aliphatic carbocycles. The highest BCUT2D eigenvalue weighted by atomic mass is 16.5. The highest BCUT2D eigenvalue weighted by Gasteiger charge is 2.11. The van der Waals surface area contributed by atoms with Crippen molar-refractivity contribution in [3.8, 4) is 11.5 Å². The van der Waals surface area contributed by atoms with E-state index in [0.717, 1.165) is 23.6 Å². The zero-order valence-corrected chi connectivity index (χ0v) is 20.1. The van der Waals surface area contributed by atoms with Gasteiger partial charge in [0.1, 0.15) is 11.5 Å². The summed E-state index contributed by atoms with van der Waals surface area (Å²) in [6, 6.07) is 22.8. The molecule has 0 spiro atoms. The Morgan fingerprint density at radius 3 is 2.47 bits per heavy atom. The Balaban J connectivity index is 1.37. The highest BCUT2D eigenvalue weighted by molar-refractivity contribution is 5.85. The van der Waals surface area contributed by atoms with Crippen LogP contribution in [-0.4, -0.2) is 31.2 Å². The number of aromatic nitrogens is 1. The van der Waals surface area contributed by atoms with E-state index < -0.39 is 0 Å². The fraction of sp³-hybridized carbons (Fsp3) is 0.276. The summed E-state index contributed by atoms with van der Waals surface area (Å²) in [6.45, 7) is 3.47. The lowest BCUT2D eigenvalue weighted by Crippen LogP contribution is -2.26. The normalized spacial score (nSPS) is 10.9. The largest absolute Gasteiger partial charge is 0.497 e. The standard InChI is InChI=1S/C29H32N2O3/c1-21-8-10-22(11-9-21)19-31-20-24(26-6-4-5-7-27(26)31)12-15-29(32)30-17-16-23-18-25(33-2)13-14-28(23)34-3/h4-11,13-14,18,20H,12,15-17,19H2,1-3H3,(H,30,32). The van der Waals surface area contributed by atoms with Gasteiger partial charge in [-0.15, -0.1) is 0 Å². The molecular formula is C29H32N2O3. The molecule has 4 rings (SSSR count). The predicted molar refractivity (Wildman–Crippen MR) is 137 cm³/mol. The fourth-order valence-electron chi connectivity index (χ4n) is 4.29. The number of rotatable bonds is 10. The molecule has 1 amide bonds. The minimum absolute atomic E-state index is 0.0530. The number of para-hydroxylation sites is 1. The molecule has 176 valence electrons. The Bertz CT molecular complexity index is 1260. The summed E-state index contributed by atoms with van der Waals surface area (Å²) >= 11 is 0. The van der Waals surface area contributed by atoms with Crippen molar-refractivity contribution in [2.45, 2.75) is 32.7 Å². The van der Waals surface area contributed by atoms with E-state index in [1.165, 1.54) is 27.6 Å². The number of hydrogen-bond donors (Lipinski definition) is 1. The first-order chi connectivity index (χ1) is 16.6. The third kappa shape index (κ3) is 5.60. The van der Waals surface area contributed by atoms with E-state index >= 15 is 0 Å². The van der Waals surface area contributed by atoms with Crippen LogP contribution in [-0.2, 0) is 24.2 Å². The Kier molecular flexibility index (Phi) is 7.53. The Labute approximate surface area is 201 Å². The van der Waals surface area contributed by atoms with Crippen LogP contribution in [0.4, 0.5) is 0 Å². The molecule has 0 unspecified atom stereocenters. The second-order valence-electron chi connectivity index (χ2n) is 8.56. The maximum absolute atomic E-state index is 12.6. The predicted octanol–water partition coefficient (Wildman–Crippen LogP) is 5.31. The summed E-state index contributed by atoms with van der Waals surface area (Å²) in [7, 11) is 3.30. The van der Waals surface area contributed by atoms with Crippen LogP contribution >= 0.6 is 0 Å². The third-order valence-corrected chi connectivity index (χ3v) is 6.17. The Morgan fingerprint density at radius 2 is 1.71 bits per heavy atom. The van der Waals surface area contributed by atoms with Crippen molar-refractivity contribution in [2.24, 2.45) is 0 Å². The number of carbonyl (C=O) groups excluding carboxylic acids is 1. The van der Waals surface area contributed by atoms with E-state index in [2.05, 4.69) is 71.5 Å². The first-order valence-corrected chi connectivity index (χ1v) is 11.7. The highest BCUT2D eigenvalue weighted by Crippen LogP contribution is 2.25. The maximum atomic E-state index is 12.6. The van der Waals surface area contributed by atoms with Gasteiger partial charge in [-0.05, 0) is 60.7 Å². The van der Waals surface area contributed by atoms with Crippen molar-refractivity contribution in [3.63, 3.8) is 0 Å². The number of nitrogens with zero attached hydrogens (tertiary/aromatic N) is 1. The van der Waals surface area contributed by atoms with Crippen LogP contribution in [0.25, 0.3) is 10.9 Å². The van der Waals surface area contributed by atoms with Gasteiger partial charge in [0.05, 0.1) is 14.2 Å².